The van der Waals surface area contributed by atoms with E-state index in [4.69, 9.17) is 8.83 Å². The van der Waals surface area contributed by atoms with Crippen molar-refractivity contribution in [2.24, 2.45) is 5.92 Å². The van der Waals surface area contributed by atoms with Crippen LogP contribution >= 0.6 is 0 Å². The Morgan fingerprint density at radius 3 is 2.67 bits per heavy atom. The zero-order chi connectivity index (χ0) is 16.7. The number of sulfonamides is 1. The quantitative estimate of drug-likeness (QED) is 0.841. The smallest absolute Gasteiger partial charge is 0.283 e. The van der Waals surface area contributed by atoms with Gasteiger partial charge in [-0.25, -0.2) is 8.42 Å². The first-order valence-electron chi connectivity index (χ1n) is 8.48. The summed E-state index contributed by atoms with van der Waals surface area (Å²) < 4.78 is 38.1. The van der Waals surface area contributed by atoms with Crippen LogP contribution in [0, 0.1) is 5.92 Å². The minimum atomic E-state index is -3.61. The topological polar surface area (TPSA) is 89.4 Å². The highest BCUT2D eigenvalue weighted by molar-refractivity contribution is 7.89. The second-order valence-electron chi connectivity index (χ2n) is 6.80. The Labute approximate surface area is 141 Å². The van der Waals surface area contributed by atoms with Gasteiger partial charge in [0.15, 0.2) is 5.76 Å². The van der Waals surface area contributed by atoms with E-state index in [1.165, 1.54) is 16.8 Å². The Morgan fingerprint density at radius 1 is 1.12 bits per heavy atom. The summed E-state index contributed by atoms with van der Waals surface area (Å²) in [5.41, 5.74) is 0. The van der Waals surface area contributed by atoms with Crippen LogP contribution in [0.4, 0.5) is 0 Å². The highest BCUT2D eigenvalue weighted by atomic mass is 32.2. The second kappa shape index (κ2) is 6.00. The van der Waals surface area contributed by atoms with Crippen LogP contribution in [0.3, 0.4) is 0 Å². The monoisotopic (exact) mass is 351 g/mol. The molecule has 0 bridgehead atoms. The molecule has 2 aromatic rings. The molecule has 1 saturated heterocycles. The van der Waals surface area contributed by atoms with Crippen LogP contribution in [0.2, 0.25) is 0 Å². The van der Waals surface area contributed by atoms with Crippen LogP contribution in [-0.2, 0) is 10.0 Å². The first-order valence-corrected chi connectivity index (χ1v) is 9.92. The summed E-state index contributed by atoms with van der Waals surface area (Å²) in [6, 6.07) is 3.05. The zero-order valence-electron chi connectivity index (χ0n) is 13.6. The van der Waals surface area contributed by atoms with Crippen LogP contribution in [0.15, 0.2) is 26.1 Å². The van der Waals surface area contributed by atoms with Gasteiger partial charge in [0.25, 0.3) is 15.9 Å². The van der Waals surface area contributed by atoms with Crippen molar-refractivity contribution in [3.63, 3.8) is 0 Å². The Kier molecular flexibility index (Phi) is 3.96. The van der Waals surface area contributed by atoms with Gasteiger partial charge in [-0.05, 0) is 43.7 Å². The van der Waals surface area contributed by atoms with Gasteiger partial charge in [-0.1, -0.05) is 13.3 Å². The summed E-state index contributed by atoms with van der Waals surface area (Å²) in [5.74, 6) is 1.85. The van der Waals surface area contributed by atoms with Crippen molar-refractivity contribution >= 4 is 10.0 Å². The Bertz CT molecular complexity index is 822. The largest absolute Gasteiger partial charge is 0.438 e. The minimum Gasteiger partial charge on any atom is -0.438 e. The first-order chi connectivity index (χ1) is 11.5. The van der Waals surface area contributed by atoms with Crippen LogP contribution in [0.1, 0.15) is 50.8 Å². The van der Waals surface area contributed by atoms with Gasteiger partial charge in [-0.3, -0.25) is 0 Å². The Morgan fingerprint density at radius 2 is 1.96 bits per heavy atom. The molecule has 7 nitrogen and oxygen atoms in total. The maximum absolute atomic E-state index is 12.7. The van der Waals surface area contributed by atoms with Gasteiger partial charge in [-0.15, -0.1) is 10.2 Å². The van der Waals surface area contributed by atoms with Crippen LogP contribution in [-0.4, -0.2) is 36.0 Å². The van der Waals surface area contributed by atoms with Gasteiger partial charge in [0.1, 0.15) is 0 Å². The van der Waals surface area contributed by atoms with E-state index >= 15 is 0 Å². The third-order valence-electron chi connectivity index (χ3n) is 4.90. The molecule has 1 atom stereocenters. The van der Waals surface area contributed by atoms with Crippen LogP contribution in [0.5, 0.6) is 0 Å². The van der Waals surface area contributed by atoms with Crippen molar-refractivity contribution in [1.82, 2.24) is 14.5 Å². The molecule has 2 aliphatic rings. The maximum atomic E-state index is 12.7. The number of piperidine rings is 1. The molecule has 0 radical (unpaired) electrons. The normalized spacial score (nSPS) is 23.3. The number of furan rings is 1. The van der Waals surface area contributed by atoms with E-state index in [1.54, 1.807) is 6.07 Å². The predicted molar refractivity (Wildman–Crippen MR) is 85.7 cm³/mol. The van der Waals surface area contributed by atoms with E-state index in [-0.39, 0.29) is 11.0 Å². The fourth-order valence-corrected chi connectivity index (χ4v) is 4.73. The molecule has 0 unspecified atom stereocenters. The molecular weight excluding hydrogens is 330 g/mol. The summed E-state index contributed by atoms with van der Waals surface area (Å²) >= 11 is 0. The molecule has 8 heteroatoms. The minimum absolute atomic E-state index is 0.0602. The van der Waals surface area contributed by atoms with Gasteiger partial charge in [-0.2, -0.15) is 4.31 Å². The van der Waals surface area contributed by atoms with Crippen LogP contribution in [0.25, 0.3) is 11.7 Å². The molecule has 1 saturated carbocycles. The molecule has 24 heavy (non-hydrogen) atoms. The number of hydrogen-bond donors (Lipinski definition) is 0. The molecule has 1 aliphatic heterocycles. The fraction of sp³-hybridized carbons (Fsp3) is 0.625. The van der Waals surface area contributed by atoms with Gasteiger partial charge < -0.3 is 8.83 Å². The molecule has 1 aliphatic carbocycles. The zero-order valence-corrected chi connectivity index (χ0v) is 14.5. The number of aromatic nitrogens is 2. The van der Waals surface area contributed by atoms with Crippen molar-refractivity contribution in [2.45, 2.75) is 50.0 Å². The van der Waals surface area contributed by atoms with Crippen molar-refractivity contribution in [1.29, 1.82) is 0 Å². The summed E-state index contributed by atoms with van der Waals surface area (Å²) in [6.45, 7) is 3.13. The molecule has 2 fully saturated rings. The van der Waals surface area contributed by atoms with E-state index in [2.05, 4.69) is 17.1 Å². The summed E-state index contributed by atoms with van der Waals surface area (Å²) in [7, 11) is -3.61. The Balaban J connectivity index is 1.56. The SMILES string of the molecule is C[C@H]1CCCN(S(=O)(=O)c2ccc(-c3nnc(C4CCC4)o3)o2)C1. The molecule has 0 N–H and O–H groups in total. The molecular formula is C16H21N3O4S. The highest BCUT2D eigenvalue weighted by Gasteiger charge is 2.32. The first kappa shape index (κ1) is 15.8. The highest BCUT2D eigenvalue weighted by Crippen LogP contribution is 2.37. The third-order valence-corrected chi connectivity index (χ3v) is 6.64. The Hall–Kier alpha value is -1.67. The average Bonchev–Trinajstić information content (AvgIpc) is 3.14. The van der Waals surface area contributed by atoms with Crippen molar-refractivity contribution < 1.29 is 17.3 Å². The summed E-state index contributed by atoms with van der Waals surface area (Å²) in [5, 5.41) is 7.98. The molecule has 4 rings (SSSR count). The van der Waals surface area contributed by atoms with Gasteiger partial charge in [0, 0.05) is 19.0 Å². The maximum Gasteiger partial charge on any atom is 0.283 e. The lowest BCUT2D eigenvalue weighted by molar-refractivity contribution is 0.274. The van der Waals surface area contributed by atoms with E-state index in [0.29, 0.717) is 36.6 Å². The standard InChI is InChI=1S/C16H21N3O4S/c1-11-4-3-9-19(10-11)24(20,21)14-8-7-13(22-14)16-18-17-15(23-16)12-5-2-6-12/h7-8,11-12H,2-6,9-10H2,1H3/t11-/m0/s1. The third kappa shape index (κ3) is 2.77. The van der Waals surface area contributed by atoms with Crippen molar-refractivity contribution in [2.75, 3.05) is 13.1 Å². The second-order valence-corrected chi connectivity index (χ2v) is 8.67. The summed E-state index contributed by atoms with van der Waals surface area (Å²) in [6.07, 6.45) is 5.24. The number of nitrogens with zero attached hydrogens (tertiary/aromatic N) is 3. The molecule has 0 spiro atoms. The van der Waals surface area contributed by atoms with E-state index in [9.17, 15) is 8.42 Å². The lowest BCUT2D eigenvalue weighted by atomic mass is 9.85. The van der Waals surface area contributed by atoms with Gasteiger partial charge >= 0.3 is 0 Å². The molecule has 3 heterocycles. The molecule has 130 valence electrons. The number of hydrogen-bond acceptors (Lipinski definition) is 6. The fourth-order valence-electron chi connectivity index (χ4n) is 3.22. The van der Waals surface area contributed by atoms with E-state index in [0.717, 1.165) is 25.7 Å². The van der Waals surface area contributed by atoms with Crippen molar-refractivity contribution in [3.8, 4) is 11.7 Å². The van der Waals surface area contributed by atoms with E-state index in [1.807, 2.05) is 0 Å². The van der Waals surface area contributed by atoms with Crippen LogP contribution < -0.4 is 0 Å². The lowest BCUT2D eigenvalue weighted by Gasteiger charge is -2.29. The lowest BCUT2D eigenvalue weighted by Crippen LogP contribution is -2.38. The molecule has 0 amide bonds. The van der Waals surface area contributed by atoms with Crippen molar-refractivity contribution in [3.05, 3.63) is 18.0 Å². The van der Waals surface area contributed by atoms with Gasteiger partial charge in [0.05, 0.1) is 0 Å². The molecule has 0 aromatic carbocycles. The molecule has 2 aromatic heterocycles. The number of rotatable bonds is 4. The van der Waals surface area contributed by atoms with E-state index < -0.39 is 10.0 Å². The van der Waals surface area contributed by atoms with Gasteiger partial charge in [0.2, 0.25) is 11.0 Å². The summed E-state index contributed by atoms with van der Waals surface area (Å²) in [4.78, 5) is 0. The average molecular weight is 351 g/mol. The predicted octanol–water partition coefficient (Wildman–Crippen LogP) is 3.02.